The van der Waals surface area contributed by atoms with Crippen molar-refractivity contribution < 1.29 is 0 Å². The van der Waals surface area contributed by atoms with Crippen LogP contribution in [0.25, 0.3) is 0 Å². The molecule has 0 unspecified atom stereocenters. The molecule has 1 aromatic carbocycles. The number of nitrogens with one attached hydrogen (secondary N) is 1. The number of benzene rings is 1. The second kappa shape index (κ2) is 8.45. The van der Waals surface area contributed by atoms with Crippen molar-refractivity contribution in [2.45, 2.75) is 32.7 Å². The van der Waals surface area contributed by atoms with Gasteiger partial charge in [0.2, 0.25) is 0 Å². The lowest BCUT2D eigenvalue weighted by Gasteiger charge is -2.20. The molecule has 0 amide bonds. The Bertz CT molecular complexity index is 449. The lowest BCUT2D eigenvalue weighted by molar-refractivity contribution is 0.269. The zero-order valence-electron chi connectivity index (χ0n) is 12.4. The first-order valence-corrected chi connectivity index (χ1v) is 7.74. The van der Waals surface area contributed by atoms with E-state index in [2.05, 4.69) is 31.1 Å². The van der Waals surface area contributed by atoms with Gasteiger partial charge in [-0.2, -0.15) is 0 Å². The predicted octanol–water partition coefficient (Wildman–Crippen LogP) is 3.51. The quantitative estimate of drug-likeness (QED) is 0.569. The average Bonchev–Trinajstić information content (AvgIpc) is 2.37. The van der Waals surface area contributed by atoms with Crippen LogP contribution in [-0.4, -0.2) is 36.1 Å². The van der Waals surface area contributed by atoms with Crippen molar-refractivity contribution in [2.24, 2.45) is 5.73 Å². The largest absolute Gasteiger partial charge is 0.389 e. The number of unbranched alkanes of at least 4 members (excludes halogenated alkanes) is 1. The molecule has 112 valence electrons. The lowest BCUT2D eigenvalue weighted by atomic mass is 10.2. The van der Waals surface area contributed by atoms with E-state index in [0.717, 1.165) is 30.8 Å². The van der Waals surface area contributed by atoms with E-state index in [-0.39, 0.29) is 0 Å². The standard InChI is InChI=1S/C15H24ClN3S/c1-11(2)19(3)9-5-4-8-18-12-6-7-13(15(17)20)14(16)10-12/h6-7,10-11,18H,4-5,8-9H2,1-3H3,(H2,17,20). The van der Waals surface area contributed by atoms with Crippen molar-refractivity contribution in [1.29, 1.82) is 0 Å². The van der Waals surface area contributed by atoms with Gasteiger partial charge in [0.1, 0.15) is 4.99 Å². The van der Waals surface area contributed by atoms with Gasteiger partial charge < -0.3 is 16.0 Å². The molecule has 0 saturated heterocycles. The Kier molecular flexibility index (Phi) is 7.27. The fraction of sp³-hybridized carbons (Fsp3) is 0.533. The number of thiocarbonyl (C=S) groups is 1. The summed E-state index contributed by atoms with van der Waals surface area (Å²) in [6, 6.07) is 6.30. The first-order chi connectivity index (χ1) is 9.41. The second-order valence-corrected chi connectivity index (χ2v) is 6.11. The summed E-state index contributed by atoms with van der Waals surface area (Å²) in [4.78, 5) is 2.69. The van der Waals surface area contributed by atoms with Gasteiger partial charge in [-0.05, 0) is 58.5 Å². The topological polar surface area (TPSA) is 41.3 Å². The zero-order valence-corrected chi connectivity index (χ0v) is 14.0. The Balaban J connectivity index is 2.32. The molecule has 0 aliphatic heterocycles. The summed E-state index contributed by atoms with van der Waals surface area (Å²) < 4.78 is 0. The van der Waals surface area contributed by atoms with Crippen molar-refractivity contribution in [2.75, 3.05) is 25.5 Å². The Morgan fingerprint density at radius 1 is 1.40 bits per heavy atom. The number of rotatable bonds is 8. The van der Waals surface area contributed by atoms with Crippen LogP contribution in [0.15, 0.2) is 18.2 Å². The van der Waals surface area contributed by atoms with Gasteiger partial charge in [-0.3, -0.25) is 0 Å². The SMILES string of the molecule is CC(C)N(C)CCCCNc1ccc(C(N)=S)c(Cl)c1. The monoisotopic (exact) mass is 313 g/mol. The predicted molar refractivity (Wildman–Crippen MR) is 92.8 cm³/mol. The van der Waals surface area contributed by atoms with Gasteiger partial charge in [0, 0.05) is 23.8 Å². The van der Waals surface area contributed by atoms with E-state index in [0.29, 0.717) is 16.1 Å². The summed E-state index contributed by atoms with van der Waals surface area (Å²) >= 11 is 11.1. The molecule has 0 fully saturated rings. The van der Waals surface area contributed by atoms with Crippen molar-refractivity contribution in [3.63, 3.8) is 0 Å². The van der Waals surface area contributed by atoms with Crippen LogP contribution >= 0.6 is 23.8 Å². The lowest BCUT2D eigenvalue weighted by Crippen LogP contribution is -2.27. The van der Waals surface area contributed by atoms with Crippen LogP contribution in [0.2, 0.25) is 5.02 Å². The number of anilines is 1. The van der Waals surface area contributed by atoms with Gasteiger partial charge in [0.25, 0.3) is 0 Å². The summed E-state index contributed by atoms with van der Waals surface area (Å²) in [6.45, 7) is 6.49. The van der Waals surface area contributed by atoms with E-state index in [9.17, 15) is 0 Å². The zero-order chi connectivity index (χ0) is 15.1. The highest BCUT2D eigenvalue weighted by molar-refractivity contribution is 7.80. The van der Waals surface area contributed by atoms with E-state index >= 15 is 0 Å². The highest BCUT2D eigenvalue weighted by atomic mass is 35.5. The molecule has 0 heterocycles. The van der Waals surface area contributed by atoms with Gasteiger partial charge in [0.15, 0.2) is 0 Å². The normalized spacial score (nSPS) is 11.1. The summed E-state index contributed by atoms with van der Waals surface area (Å²) in [5.74, 6) is 0. The fourth-order valence-electron chi connectivity index (χ4n) is 1.80. The fourth-order valence-corrected chi connectivity index (χ4v) is 2.32. The van der Waals surface area contributed by atoms with Crippen LogP contribution in [0.3, 0.4) is 0 Å². The Morgan fingerprint density at radius 2 is 2.10 bits per heavy atom. The smallest absolute Gasteiger partial charge is 0.105 e. The third kappa shape index (κ3) is 5.65. The number of hydrogen-bond acceptors (Lipinski definition) is 3. The van der Waals surface area contributed by atoms with Crippen LogP contribution in [0, 0.1) is 0 Å². The molecule has 1 rings (SSSR count). The van der Waals surface area contributed by atoms with Gasteiger partial charge in [-0.1, -0.05) is 23.8 Å². The molecule has 0 bridgehead atoms. The number of halogens is 1. The molecule has 0 atom stereocenters. The van der Waals surface area contributed by atoms with Gasteiger partial charge in [-0.15, -0.1) is 0 Å². The third-order valence-electron chi connectivity index (χ3n) is 3.38. The molecule has 5 heteroatoms. The van der Waals surface area contributed by atoms with Crippen molar-refractivity contribution in [3.05, 3.63) is 28.8 Å². The first-order valence-electron chi connectivity index (χ1n) is 6.95. The van der Waals surface area contributed by atoms with Crippen LogP contribution in [0.1, 0.15) is 32.3 Å². The summed E-state index contributed by atoms with van der Waals surface area (Å²) in [5, 5.41) is 3.97. The minimum absolute atomic E-state index is 0.332. The first kappa shape index (κ1) is 17.2. The van der Waals surface area contributed by atoms with E-state index in [1.165, 1.54) is 6.42 Å². The average molecular weight is 314 g/mol. The van der Waals surface area contributed by atoms with Crippen molar-refractivity contribution in [3.8, 4) is 0 Å². The molecule has 0 aliphatic rings. The maximum atomic E-state index is 6.13. The van der Waals surface area contributed by atoms with Crippen LogP contribution in [-0.2, 0) is 0 Å². The molecular weight excluding hydrogens is 290 g/mol. The number of nitrogens with zero attached hydrogens (tertiary/aromatic N) is 1. The van der Waals surface area contributed by atoms with E-state index in [4.69, 9.17) is 29.6 Å². The molecule has 20 heavy (non-hydrogen) atoms. The molecule has 3 nitrogen and oxygen atoms in total. The van der Waals surface area contributed by atoms with Crippen LogP contribution in [0.4, 0.5) is 5.69 Å². The van der Waals surface area contributed by atoms with Crippen molar-refractivity contribution in [1.82, 2.24) is 4.90 Å². The van der Waals surface area contributed by atoms with E-state index in [1.54, 1.807) is 0 Å². The van der Waals surface area contributed by atoms with E-state index < -0.39 is 0 Å². The van der Waals surface area contributed by atoms with Crippen LogP contribution in [0.5, 0.6) is 0 Å². The highest BCUT2D eigenvalue weighted by Gasteiger charge is 2.04. The van der Waals surface area contributed by atoms with E-state index in [1.807, 2.05) is 18.2 Å². The molecular formula is C15H24ClN3S. The minimum Gasteiger partial charge on any atom is -0.389 e. The summed E-state index contributed by atoms with van der Waals surface area (Å²) in [6.07, 6.45) is 2.31. The number of hydrogen-bond donors (Lipinski definition) is 2. The maximum Gasteiger partial charge on any atom is 0.105 e. The Hall–Kier alpha value is -0.840. The number of nitrogens with two attached hydrogens (primary N) is 1. The molecule has 0 spiro atoms. The molecule has 0 aliphatic carbocycles. The molecule has 3 N–H and O–H groups in total. The molecule has 0 aromatic heterocycles. The van der Waals surface area contributed by atoms with Crippen LogP contribution < -0.4 is 11.1 Å². The Morgan fingerprint density at radius 3 is 2.65 bits per heavy atom. The molecule has 0 saturated carbocycles. The second-order valence-electron chi connectivity index (χ2n) is 5.27. The minimum atomic E-state index is 0.332. The van der Waals surface area contributed by atoms with Gasteiger partial charge >= 0.3 is 0 Å². The van der Waals surface area contributed by atoms with Crippen molar-refractivity contribution >= 4 is 34.5 Å². The Labute approximate surface area is 132 Å². The van der Waals surface area contributed by atoms with Gasteiger partial charge in [-0.25, -0.2) is 0 Å². The summed E-state index contributed by atoms with van der Waals surface area (Å²) in [5.41, 5.74) is 7.31. The maximum absolute atomic E-state index is 6.13. The molecule has 0 radical (unpaired) electrons. The molecule has 1 aromatic rings. The highest BCUT2D eigenvalue weighted by Crippen LogP contribution is 2.20. The third-order valence-corrected chi connectivity index (χ3v) is 3.92. The van der Waals surface area contributed by atoms with Gasteiger partial charge in [0.05, 0.1) is 5.02 Å². The summed E-state index contributed by atoms with van der Waals surface area (Å²) in [7, 11) is 2.16.